The molecule has 108 valence electrons. The van der Waals surface area contributed by atoms with Gasteiger partial charge in [-0.1, -0.05) is 0 Å². The van der Waals surface area contributed by atoms with E-state index in [4.69, 9.17) is 9.52 Å². The van der Waals surface area contributed by atoms with Crippen molar-refractivity contribution in [3.05, 3.63) is 48.4 Å². The molecule has 5 nitrogen and oxygen atoms in total. The van der Waals surface area contributed by atoms with E-state index in [1.165, 1.54) is 6.26 Å². The van der Waals surface area contributed by atoms with Crippen LogP contribution in [0, 0.1) is 0 Å². The zero-order chi connectivity index (χ0) is 14.6. The molecule has 2 aromatic rings. The highest BCUT2D eigenvalue weighted by Gasteiger charge is 2.14. The van der Waals surface area contributed by atoms with Gasteiger partial charge in [0, 0.05) is 18.6 Å². The highest BCUT2D eigenvalue weighted by atomic mass is 32.2. The topological polar surface area (TPSA) is 79.5 Å². The van der Waals surface area contributed by atoms with Crippen molar-refractivity contribution >= 4 is 15.5 Å². The predicted molar refractivity (Wildman–Crippen MR) is 76.3 cm³/mol. The van der Waals surface area contributed by atoms with Crippen molar-refractivity contribution in [1.82, 2.24) is 0 Å². The van der Waals surface area contributed by atoms with Crippen molar-refractivity contribution in [1.29, 1.82) is 0 Å². The number of hydrogen-bond acceptors (Lipinski definition) is 5. The fourth-order valence-electron chi connectivity index (χ4n) is 1.90. The SMILES string of the molecule is CS(=O)(=O)c1ccc(NC(CCO)c2ccco2)cc1. The summed E-state index contributed by atoms with van der Waals surface area (Å²) in [4.78, 5) is 0.278. The van der Waals surface area contributed by atoms with Gasteiger partial charge in [-0.2, -0.15) is 0 Å². The minimum absolute atomic E-state index is 0.0276. The minimum Gasteiger partial charge on any atom is -0.467 e. The van der Waals surface area contributed by atoms with Crippen molar-refractivity contribution in [2.75, 3.05) is 18.2 Å². The molecule has 0 saturated carbocycles. The molecule has 0 aliphatic rings. The first-order valence-electron chi connectivity index (χ1n) is 6.21. The molecule has 0 amide bonds. The van der Waals surface area contributed by atoms with Gasteiger partial charge in [0.05, 0.1) is 17.2 Å². The van der Waals surface area contributed by atoms with Gasteiger partial charge in [0.15, 0.2) is 9.84 Å². The summed E-state index contributed by atoms with van der Waals surface area (Å²) in [6.45, 7) is 0.0276. The molecule has 0 fully saturated rings. The average Bonchev–Trinajstić information content (AvgIpc) is 2.91. The maximum absolute atomic E-state index is 11.4. The summed E-state index contributed by atoms with van der Waals surface area (Å²) >= 11 is 0. The number of furan rings is 1. The third-order valence-electron chi connectivity index (χ3n) is 2.93. The monoisotopic (exact) mass is 295 g/mol. The molecule has 1 aromatic carbocycles. The van der Waals surface area contributed by atoms with Gasteiger partial charge in [-0.25, -0.2) is 8.42 Å². The lowest BCUT2D eigenvalue weighted by atomic mass is 10.1. The molecular formula is C14H17NO4S. The van der Waals surface area contributed by atoms with E-state index in [1.54, 1.807) is 36.6 Å². The van der Waals surface area contributed by atoms with Crippen molar-refractivity contribution in [3.63, 3.8) is 0 Å². The van der Waals surface area contributed by atoms with Gasteiger partial charge in [0.2, 0.25) is 0 Å². The van der Waals surface area contributed by atoms with Crippen LogP contribution in [0.15, 0.2) is 52.0 Å². The summed E-state index contributed by atoms with van der Waals surface area (Å²) in [7, 11) is -3.19. The van der Waals surface area contributed by atoms with Gasteiger partial charge in [-0.3, -0.25) is 0 Å². The Hall–Kier alpha value is -1.79. The maximum Gasteiger partial charge on any atom is 0.175 e. The lowest BCUT2D eigenvalue weighted by molar-refractivity contribution is 0.273. The number of rotatable bonds is 6. The second kappa shape index (κ2) is 6.11. The Bertz CT molecular complexity index is 632. The average molecular weight is 295 g/mol. The molecule has 2 N–H and O–H groups in total. The maximum atomic E-state index is 11.4. The number of anilines is 1. The Morgan fingerprint density at radius 1 is 1.25 bits per heavy atom. The fourth-order valence-corrected chi connectivity index (χ4v) is 2.53. The van der Waals surface area contributed by atoms with Crippen molar-refractivity contribution in [2.24, 2.45) is 0 Å². The zero-order valence-corrected chi connectivity index (χ0v) is 11.9. The Morgan fingerprint density at radius 2 is 1.95 bits per heavy atom. The molecule has 0 saturated heterocycles. The molecule has 1 heterocycles. The second-order valence-corrected chi connectivity index (χ2v) is 6.54. The lowest BCUT2D eigenvalue weighted by Gasteiger charge is -2.17. The largest absolute Gasteiger partial charge is 0.467 e. The molecule has 0 aliphatic heterocycles. The normalized spacial score (nSPS) is 13.1. The lowest BCUT2D eigenvalue weighted by Crippen LogP contribution is -2.11. The van der Waals surface area contributed by atoms with Crippen LogP contribution in [0.2, 0.25) is 0 Å². The van der Waals surface area contributed by atoms with E-state index < -0.39 is 9.84 Å². The summed E-state index contributed by atoms with van der Waals surface area (Å²) in [5, 5.41) is 12.3. The van der Waals surface area contributed by atoms with Gasteiger partial charge in [-0.05, 0) is 42.8 Å². The first-order chi connectivity index (χ1) is 9.50. The minimum atomic E-state index is -3.19. The van der Waals surface area contributed by atoms with E-state index in [0.29, 0.717) is 6.42 Å². The van der Waals surface area contributed by atoms with E-state index in [-0.39, 0.29) is 17.5 Å². The number of hydrogen-bond donors (Lipinski definition) is 2. The van der Waals surface area contributed by atoms with Gasteiger partial charge in [-0.15, -0.1) is 0 Å². The highest BCUT2D eigenvalue weighted by Crippen LogP contribution is 2.23. The molecule has 6 heteroatoms. The van der Waals surface area contributed by atoms with E-state index >= 15 is 0 Å². The van der Waals surface area contributed by atoms with Gasteiger partial charge in [0.25, 0.3) is 0 Å². The number of nitrogens with one attached hydrogen (secondary N) is 1. The van der Waals surface area contributed by atoms with Gasteiger partial charge >= 0.3 is 0 Å². The quantitative estimate of drug-likeness (QED) is 0.854. The number of benzene rings is 1. The molecule has 0 radical (unpaired) electrons. The Kier molecular flexibility index (Phi) is 4.46. The van der Waals surface area contributed by atoms with E-state index in [0.717, 1.165) is 11.4 Å². The van der Waals surface area contributed by atoms with Gasteiger partial charge < -0.3 is 14.8 Å². The standard InChI is InChI=1S/C14H17NO4S/c1-20(17,18)12-6-4-11(5-7-12)15-13(8-9-16)14-3-2-10-19-14/h2-7,10,13,15-16H,8-9H2,1H3. The number of sulfone groups is 1. The first-order valence-corrected chi connectivity index (χ1v) is 8.11. The Labute approximate surface area is 118 Å². The molecule has 0 bridgehead atoms. The highest BCUT2D eigenvalue weighted by molar-refractivity contribution is 7.90. The molecule has 2 rings (SSSR count). The van der Waals surface area contributed by atoms with Crippen LogP contribution in [0.3, 0.4) is 0 Å². The summed E-state index contributed by atoms with van der Waals surface area (Å²) in [6, 6.07) is 9.96. The van der Waals surface area contributed by atoms with E-state index in [1.807, 2.05) is 6.07 Å². The van der Waals surface area contributed by atoms with Crippen LogP contribution in [0.4, 0.5) is 5.69 Å². The molecule has 1 atom stereocenters. The molecule has 0 spiro atoms. The number of aliphatic hydroxyl groups is 1. The Balaban J connectivity index is 2.15. The summed E-state index contributed by atoms with van der Waals surface area (Å²) in [5.74, 6) is 0.728. The summed E-state index contributed by atoms with van der Waals surface area (Å²) < 4.78 is 28.1. The van der Waals surface area contributed by atoms with Crippen LogP contribution in [-0.2, 0) is 9.84 Å². The van der Waals surface area contributed by atoms with Crippen molar-refractivity contribution < 1.29 is 17.9 Å². The molecule has 1 unspecified atom stereocenters. The predicted octanol–water partition coefficient (Wildman–Crippen LogP) is 2.22. The van der Waals surface area contributed by atoms with Crippen LogP contribution in [0.25, 0.3) is 0 Å². The van der Waals surface area contributed by atoms with Crippen molar-refractivity contribution in [3.8, 4) is 0 Å². The Morgan fingerprint density at radius 3 is 2.45 bits per heavy atom. The summed E-state index contributed by atoms with van der Waals surface area (Å²) in [5.41, 5.74) is 0.771. The van der Waals surface area contributed by atoms with Crippen LogP contribution in [0.5, 0.6) is 0 Å². The summed E-state index contributed by atoms with van der Waals surface area (Å²) in [6.07, 6.45) is 3.25. The smallest absolute Gasteiger partial charge is 0.175 e. The molecule has 1 aromatic heterocycles. The zero-order valence-electron chi connectivity index (χ0n) is 11.1. The third-order valence-corrected chi connectivity index (χ3v) is 4.06. The third kappa shape index (κ3) is 3.61. The van der Waals surface area contributed by atoms with Crippen LogP contribution >= 0.6 is 0 Å². The van der Waals surface area contributed by atoms with Crippen LogP contribution in [0.1, 0.15) is 18.2 Å². The molecular weight excluding hydrogens is 278 g/mol. The van der Waals surface area contributed by atoms with Crippen molar-refractivity contribution in [2.45, 2.75) is 17.4 Å². The second-order valence-electron chi connectivity index (χ2n) is 4.52. The van der Waals surface area contributed by atoms with E-state index in [9.17, 15) is 8.42 Å². The fraction of sp³-hybridized carbons (Fsp3) is 0.286. The van der Waals surface area contributed by atoms with Crippen LogP contribution in [-0.4, -0.2) is 26.4 Å². The van der Waals surface area contributed by atoms with Gasteiger partial charge in [0.1, 0.15) is 5.76 Å². The van der Waals surface area contributed by atoms with Crippen LogP contribution < -0.4 is 5.32 Å². The molecule has 0 aliphatic carbocycles. The first kappa shape index (κ1) is 14.6. The van der Waals surface area contributed by atoms with E-state index in [2.05, 4.69) is 5.32 Å². The molecule has 20 heavy (non-hydrogen) atoms. The number of aliphatic hydroxyl groups excluding tert-OH is 1.